The Balaban J connectivity index is 1.96. The van der Waals surface area contributed by atoms with Crippen LogP contribution in [0.15, 0.2) is 23.7 Å². The molecular weight excluding hydrogens is 364 g/mol. The average Bonchev–Trinajstić information content (AvgIpc) is 2.98. The zero-order valence-corrected chi connectivity index (χ0v) is 19.0. The molecule has 29 heavy (non-hydrogen) atoms. The van der Waals surface area contributed by atoms with Crippen LogP contribution in [0, 0.1) is 0 Å². The summed E-state index contributed by atoms with van der Waals surface area (Å²) in [6.45, 7) is 5.83. The van der Waals surface area contributed by atoms with Gasteiger partial charge >= 0.3 is 5.97 Å². The summed E-state index contributed by atoms with van der Waals surface area (Å²) >= 11 is 0. The Morgan fingerprint density at radius 3 is 2.03 bits per heavy atom. The topological polar surface area (TPSA) is 52.6 Å². The van der Waals surface area contributed by atoms with Gasteiger partial charge in [0.1, 0.15) is 5.76 Å². The number of hydrogen-bond donors (Lipinski definition) is 0. The quantitative estimate of drug-likeness (QED) is 0.146. The van der Waals surface area contributed by atoms with E-state index in [0.29, 0.717) is 18.6 Å². The van der Waals surface area contributed by atoms with Crippen LogP contribution >= 0.6 is 0 Å². The van der Waals surface area contributed by atoms with E-state index in [0.717, 1.165) is 25.7 Å². The Kier molecular flexibility index (Phi) is 14.3. The van der Waals surface area contributed by atoms with Crippen molar-refractivity contribution >= 4 is 11.8 Å². The number of carbonyl (C=O) groups is 2. The van der Waals surface area contributed by atoms with Crippen LogP contribution in [0.1, 0.15) is 117 Å². The van der Waals surface area contributed by atoms with E-state index in [1.807, 2.05) is 6.92 Å². The molecular formula is C25H42O4. The van der Waals surface area contributed by atoms with Gasteiger partial charge in [0.2, 0.25) is 11.5 Å². The number of rotatable bonds is 17. The monoisotopic (exact) mass is 406 g/mol. The van der Waals surface area contributed by atoms with Crippen molar-refractivity contribution in [2.75, 3.05) is 0 Å². The molecule has 0 bridgehead atoms. The molecule has 1 heterocycles. The Hall–Kier alpha value is -1.58. The van der Waals surface area contributed by atoms with Crippen molar-refractivity contribution in [2.45, 2.75) is 123 Å². The summed E-state index contributed by atoms with van der Waals surface area (Å²) in [6.07, 6.45) is 21.0. The molecule has 0 amide bonds. The largest absolute Gasteiger partial charge is 0.483 e. The molecule has 0 aromatic carbocycles. The first-order valence-corrected chi connectivity index (χ1v) is 11.9. The molecule has 4 heteroatoms. The van der Waals surface area contributed by atoms with E-state index in [9.17, 15) is 9.59 Å². The zero-order chi connectivity index (χ0) is 21.3. The minimum atomic E-state index is -0.535. The number of Topliss-reactive ketones (excluding diaryl/α,β-unsaturated/α-hetero) is 1. The van der Waals surface area contributed by atoms with Crippen LogP contribution in [0.25, 0.3) is 0 Å². The third kappa shape index (κ3) is 11.3. The Labute approximate surface area is 178 Å². The minimum Gasteiger partial charge on any atom is -0.483 e. The number of ether oxygens (including phenoxy) is 2. The maximum atomic E-state index is 12.0. The molecule has 0 radical (unpaired) electrons. The first-order chi connectivity index (χ1) is 14.1. The van der Waals surface area contributed by atoms with Crippen molar-refractivity contribution < 1.29 is 19.1 Å². The molecule has 0 saturated heterocycles. The third-order valence-corrected chi connectivity index (χ3v) is 5.35. The minimum absolute atomic E-state index is 0.123. The zero-order valence-electron chi connectivity index (χ0n) is 19.0. The second-order valence-corrected chi connectivity index (χ2v) is 8.04. The van der Waals surface area contributed by atoms with Crippen molar-refractivity contribution in [1.82, 2.24) is 0 Å². The number of hydrogen-bond acceptors (Lipinski definition) is 4. The SMILES string of the molecule is CCCCCCCCC=CCCCCCCCC(=O)OC1=C(CC)OC(C)C1=O. The lowest BCUT2D eigenvalue weighted by Gasteiger charge is -2.05. The molecule has 1 rings (SSSR count). The van der Waals surface area contributed by atoms with E-state index in [-0.39, 0.29) is 17.5 Å². The first-order valence-electron chi connectivity index (χ1n) is 11.9. The fourth-order valence-corrected chi connectivity index (χ4v) is 3.50. The molecule has 0 aromatic rings. The molecule has 4 nitrogen and oxygen atoms in total. The molecule has 0 N–H and O–H groups in total. The lowest BCUT2D eigenvalue weighted by molar-refractivity contribution is -0.142. The van der Waals surface area contributed by atoms with E-state index in [1.54, 1.807) is 6.92 Å². The molecule has 0 saturated carbocycles. The molecule has 166 valence electrons. The highest BCUT2D eigenvalue weighted by atomic mass is 16.6. The van der Waals surface area contributed by atoms with Crippen LogP contribution in [0.5, 0.6) is 0 Å². The van der Waals surface area contributed by atoms with E-state index in [1.165, 1.54) is 57.8 Å². The van der Waals surface area contributed by atoms with Gasteiger partial charge in [0.25, 0.3) is 0 Å². The fraction of sp³-hybridized carbons (Fsp3) is 0.760. The molecule has 0 fully saturated rings. The highest BCUT2D eigenvalue weighted by molar-refractivity contribution is 6.00. The molecule has 0 spiro atoms. The highest BCUT2D eigenvalue weighted by Gasteiger charge is 2.33. The Bertz CT molecular complexity index is 533. The maximum absolute atomic E-state index is 12.0. The lowest BCUT2D eigenvalue weighted by atomic mass is 10.1. The van der Waals surface area contributed by atoms with Crippen LogP contribution in [-0.2, 0) is 19.1 Å². The van der Waals surface area contributed by atoms with Crippen molar-refractivity contribution in [3.8, 4) is 0 Å². The molecule has 1 atom stereocenters. The van der Waals surface area contributed by atoms with Gasteiger partial charge in [0, 0.05) is 12.8 Å². The van der Waals surface area contributed by atoms with Gasteiger partial charge in [0.05, 0.1) is 0 Å². The molecule has 0 aliphatic carbocycles. The van der Waals surface area contributed by atoms with Gasteiger partial charge in [-0.25, -0.2) is 0 Å². The summed E-state index contributed by atoms with van der Waals surface area (Å²) in [5, 5.41) is 0. The maximum Gasteiger partial charge on any atom is 0.311 e. The van der Waals surface area contributed by atoms with Crippen molar-refractivity contribution in [3.63, 3.8) is 0 Å². The summed E-state index contributed by atoms with van der Waals surface area (Å²) in [5.74, 6) is 0.0764. The average molecular weight is 407 g/mol. The predicted molar refractivity (Wildman–Crippen MR) is 118 cm³/mol. The van der Waals surface area contributed by atoms with E-state index in [4.69, 9.17) is 9.47 Å². The van der Waals surface area contributed by atoms with Crippen LogP contribution in [-0.4, -0.2) is 17.9 Å². The first kappa shape index (κ1) is 25.5. The van der Waals surface area contributed by atoms with Crippen molar-refractivity contribution in [1.29, 1.82) is 0 Å². The van der Waals surface area contributed by atoms with Gasteiger partial charge in [-0.15, -0.1) is 0 Å². The van der Waals surface area contributed by atoms with Crippen LogP contribution in [0.3, 0.4) is 0 Å². The van der Waals surface area contributed by atoms with Gasteiger partial charge < -0.3 is 9.47 Å². The summed E-state index contributed by atoms with van der Waals surface area (Å²) in [7, 11) is 0. The summed E-state index contributed by atoms with van der Waals surface area (Å²) in [4.78, 5) is 23.9. The van der Waals surface area contributed by atoms with Crippen LogP contribution < -0.4 is 0 Å². The number of ketones is 1. The molecule has 0 aromatic heterocycles. The Morgan fingerprint density at radius 2 is 1.45 bits per heavy atom. The van der Waals surface area contributed by atoms with Crippen molar-refractivity contribution in [3.05, 3.63) is 23.7 Å². The van der Waals surface area contributed by atoms with Gasteiger partial charge in [-0.2, -0.15) is 0 Å². The van der Waals surface area contributed by atoms with Gasteiger partial charge in [-0.3, -0.25) is 9.59 Å². The Morgan fingerprint density at radius 1 is 0.897 bits per heavy atom. The van der Waals surface area contributed by atoms with Gasteiger partial charge in [-0.1, -0.05) is 77.4 Å². The molecule has 1 aliphatic heterocycles. The number of esters is 1. The second-order valence-electron chi connectivity index (χ2n) is 8.04. The third-order valence-electron chi connectivity index (χ3n) is 5.35. The number of unbranched alkanes of at least 4 members (excludes halogenated alkanes) is 11. The normalized spacial score (nSPS) is 16.7. The molecule has 1 aliphatic rings. The smallest absolute Gasteiger partial charge is 0.311 e. The predicted octanol–water partition coefficient (Wildman–Crippen LogP) is 7.18. The van der Waals surface area contributed by atoms with E-state index >= 15 is 0 Å². The standard InChI is InChI=1S/C25H42O4/c1-4-6-7-8-9-10-11-12-13-14-15-16-17-18-19-20-23(26)29-25-22(5-2)28-21(3)24(25)27/h12-13,21H,4-11,14-20H2,1-3H3. The summed E-state index contributed by atoms with van der Waals surface area (Å²) < 4.78 is 10.7. The summed E-state index contributed by atoms with van der Waals surface area (Å²) in [6, 6.07) is 0. The van der Waals surface area contributed by atoms with Crippen LogP contribution in [0.2, 0.25) is 0 Å². The second kappa shape index (κ2) is 16.2. The number of carbonyl (C=O) groups excluding carboxylic acids is 2. The van der Waals surface area contributed by atoms with Gasteiger partial charge in [0.15, 0.2) is 6.10 Å². The van der Waals surface area contributed by atoms with E-state index < -0.39 is 6.10 Å². The van der Waals surface area contributed by atoms with Crippen LogP contribution in [0.4, 0.5) is 0 Å². The lowest BCUT2D eigenvalue weighted by Crippen LogP contribution is -2.16. The number of allylic oxidation sites excluding steroid dienone is 3. The molecule has 1 unspecified atom stereocenters. The van der Waals surface area contributed by atoms with E-state index in [2.05, 4.69) is 19.1 Å². The summed E-state index contributed by atoms with van der Waals surface area (Å²) in [5.41, 5.74) is 0. The highest BCUT2D eigenvalue weighted by Crippen LogP contribution is 2.25. The fourth-order valence-electron chi connectivity index (χ4n) is 3.50. The van der Waals surface area contributed by atoms with Crippen molar-refractivity contribution in [2.24, 2.45) is 0 Å². The van der Waals surface area contributed by atoms with Gasteiger partial charge in [-0.05, 0) is 39.0 Å².